The van der Waals surface area contributed by atoms with Crippen LogP contribution in [-0.2, 0) is 11.3 Å². The number of amides is 1. The normalized spacial score (nSPS) is 12.1. The van der Waals surface area contributed by atoms with Crippen molar-refractivity contribution in [3.05, 3.63) is 76.3 Å². The molecule has 0 aliphatic rings. The van der Waals surface area contributed by atoms with Crippen molar-refractivity contribution < 1.29 is 4.79 Å². The summed E-state index contributed by atoms with van der Waals surface area (Å²) in [7, 11) is 0. The largest absolute Gasteiger partial charge is 0.348 e. The van der Waals surface area contributed by atoms with Crippen molar-refractivity contribution >= 4 is 16.8 Å². The van der Waals surface area contributed by atoms with Crippen LogP contribution in [0.1, 0.15) is 37.2 Å². The van der Waals surface area contributed by atoms with E-state index in [-0.39, 0.29) is 24.1 Å². The highest BCUT2D eigenvalue weighted by Crippen LogP contribution is 2.18. The summed E-state index contributed by atoms with van der Waals surface area (Å²) in [5.74, 6) is 0.352. The van der Waals surface area contributed by atoms with Gasteiger partial charge in [-0.25, -0.2) is 4.98 Å². The van der Waals surface area contributed by atoms with Gasteiger partial charge in [-0.15, -0.1) is 0 Å². The molecular weight excluding hydrogens is 326 g/mol. The second-order valence-electron chi connectivity index (χ2n) is 6.39. The number of para-hydroxylation sites is 1. The molecule has 2 aromatic carbocycles. The number of carbonyl (C=O) groups is 1. The topological polar surface area (TPSA) is 64.0 Å². The fraction of sp³-hybridized carbons (Fsp3) is 0.286. The molecule has 0 aliphatic carbocycles. The Morgan fingerprint density at radius 2 is 1.81 bits per heavy atom. The van der Waals surface area contributed by atoms with Crippen LogP contribution in [0.15, 0.2) is 59.4 Å². The third-order valence-electron chi connectivity index (χ3n) is 4.47. The summed E-state index contributed by atoms with van der Waals surface area (Å²) in [6.45, 7) is 3.81. The van der Waals surface area contributed by atoms with Gasteiger partial charge in [0.05, 0.1) is 16.9 Å². The molecule has 1 amide bonds. The molecule has 0 saturated carbocycles. The maximum absolute atomic E-state index is 12.7. The lowest BCUT2D eigenvalue weighted by Gasteiger charge is -2.19. The Balaban J connectivity index is 1.83. The van der Waals surface area contributed by atoms with Gasteiger partial charge < -0.3 is 5.32 Å². The molecule has 1 atom stereocenters. The monoisotopic (exact) mass is 349 g/mol. The molecule has 0 spiro atoms. The van der Waals surface area contributed by atoms with E-state index in [4.69, 9.17) is 0 Å². The maximum atomic E-state index is 12.7. The van der Waals surface area contributed by atoms with E-state index in [1.807, 2.05) is 36.4 Å². The van der Waals surface area contributed by atoms with Crippen LogP contribution in [0.25, 0.3) is 10.9 Å². The van der Waals surface area contributed by atoms with Crippen LogP contribution in [0.2, 0.25) is 0 Å². The molecule has 1 heterocycles. The van der Waals surface area contributed by atoms with Gasteiger partial charge in [-0.05, 0) is 31.0 Å². The van der Waals surface area contributed by atoms with Crippen molar-refractivity contribution in [1.82, 2.24) is 14.9 Å². The van der Waals surface area contributed by atoms with Gasteiger partial charge in [-0.1, -0.05) is 55.8 Å². The summed E-state index contributed by atoms with van der Waals surface area (Å²) in [5, 5.41) is 3.59. The maximum Gasteiger partial charge on any atom is 0.261 e. The number of hydrogen-bond donors (Lipinski definition) is 1. The molecule has 0 aliphatic heterocycles. The lowest BCUT2D eigenvalue weighted by molar-refractivity contribution is -0.122. The molecule has 0 fully saturated rings. The Morgan fingerprint density at radius 3 is 2.54 bits per heavy atom. The van der Waals surface area contributed by atoms with E-state index >= 15 is 0 Å². The number of benzene rings is 2. The SMILES string of the molecule is CCC[C@@H](NC(=O)Cn1c(C)nc2ccccc2c1=O)c1ccccc1. The Bertz CT molecular complexity index is 964. The van der Waals surface area contributed by atoms with Crippen molar-refractivity contribution in [3.8, 4) is 0 Å². The summed E-state index contributed by atoms with van der Waals surface area (Å²) in [4.78, 5) is 29.8. The zero-order valence-corrected chi connectivity index (χ0v) is 15.1. The third kappa shape index (κ3) is 3.82. The van der Waals surface area contributed by atoms with Gasteiger partial charge in [0.1, 0.15) is 12.4 Å². The van der Waals surface area contributed by atoms with Crippen molar-refractivity contribution in [2.24, 2.45) is 0 Å². The van der Waals surface area contributed by atoms with E-state index in [9.17, 15) is 9.59 Å². The number of aryl methyl sites for hydroxylation is 1. The quantitative estimate of drug-likeness (QED) is 0.742. The summed E-state index contributed by atoms with van der Waals surface area (Å²) in [6, 6.07) is 17.0. The minimum absolute atomic E-state index is 0.0322. The van der Waals surface area contributed by atoms with Gasteiger partial charge in [-0.2, -0.15) is 0 Å². The summed E-state index contributed by atoms with van der Waals surface area (Å²) < 4.78 is 1.44. The van der Waals surface area contributed by atoms with Gasteiger partial charge in [-0.3, -0.25) is 14.2 Å². The highest BCUT2D eigenvalue weighted by atomic mass is 16.2. The molecule has 0 saturated heterocycles. The summed E-state index contributed by atoms with van der Waals surface area (Å²) >= 11 is 0. The molecule has 134 valence electrons. The molecule has 26 heavy (non-hydrogen) atoms. The fourth-order valence-electron chi connectivity index (χ4n) is 3.14. The van der Waals surface area contributed by atoms with Crippen molar-refractivity contribution in [2.45, 2.75) is 39.3 Å². The van der Waals surface area contributed by atoms with Crippen molar-refractivity contribution in [3.63, 3.8) is 0 Å². The van der Waals surface area contributed by atoms with E-state index in [2.05, 4.69) is 17.2 Å². The molecule has 3 aromatic rings. The van der Waals surface area contributed by atoms with Gasteiger partial charge in [0, 0.05) is 0 Å². The highest BCUT2D eigenvalue weighted by Gasteiger charge is 2.16. The van der Waals surface area contributed by atoms with Gasteiger partial charge >= 0.3 is 0 Å². The van der Waals surface area contributed by atoms with Crippen LogP contribution in [0.5, 0.6) is 0 Å². The van der Waals surface area contributed by atoms with Gasteiger partial charge in [0.15, 0.2) is 0 Å². The van der Waals surface area contributed by atoms with E-state index in [0.717, 1.165) is 18.4 Å². The molecule has 0 radical (unpaired) electrons. The second-order valence-corrected chi connectivity index (χ2v) is 6.39. The van der Waals surface area contributed by atoms with E-state index < -0.39 is 0 Å². The predicted octanol–water partition coefficient (Wildman–Crippen LogP) is 3.36. The van der Waals surface area contributed by atoms with Crippen LogP contribution in [0.4, 0.5) is 0 Å². The molecule has 3 rings (SSSR count). The number of aromatic nitrogens is 2. The minimum Gasteiger partial charge on any atom is -0.348 e. The average Bonchev–Trinajstić information content (AvgIpc) is 2.65. The first-order chi connectivity index (χ1) is 12.6. The molecule has 1 aromatic heterocycles. The summed E-state index contributed by atoms with van der Waals surface area (Å²) in [5.41, 5.74) is 1.54. The molecule has 5 heteroatoms. The zero-order valence-electron chi connectivity index (χ0n) is 15.1. The van der Waals surface area contributed by atoms with Crippen LogP contribution >= 0.6 is 0 Å². The fourth-order valence-corrected chi connectivity index (χ4v) is 3.14. The number of carbonyl (C=O) groups excluding carboxylic acids is 1. The van der Waals surface area contributed by atoms with E-state index in [0.29, 0.717) is 16.7 Å². The number of hydrogen-bond acceptors (Lipinski definition) is 3. The molecule has 0 bridgehead atoms. The Kier molecular flexibility index (Phi) is 5.46. The van der Waals surface area contributed by atoms with Crippen molar-refractivity contribution in [1.29, 1.82) is 0 Å². The average molecular weight is 349 g/mol. The molecule has 1 N–H and O–H groups in total. The Hall–Kier alpha value is -2.95. The van der Waals surface area contributed by atoms with Crippen LogP contribution in [0.3, 0.4) is 0 Å². The number of rotatable bonds is 6. The molecular formula is C21H23N3O2. The number of nitrogens with one attached hydrogen (secondary N) is 1. The Labute approximate surface area is 152 Å². The first kappa shape index (κ1) is 17.9. The van der Waals surface area contributed by atoms with E-state index in [1.54, 1.807) is 25.1 Å². The minimum atomic E-state index is -0.186. The Morgan fingerprint density at radius 1 is 1.12 bits per heavy atom. The second kappa shape index (κ2) is 7.95. The lowest BCUT2D eigenvalue weighted by Crippen LogP contribution is -2.36. The number of nitrogens with zero attached hydrogens (tertiary/aromatic N) is 2. The first-order valence-corrected chi connectivity index (χ1v) is 8.90. The van der Waals surface area contributed by atoms with Gasteiger partial charge in [0.2, 0.25) is 5.91 Å². The zero-order chi connectivity index (χ0) is 18.5. The third-order valence-corrected chi connectivity index (χ3v) is 4.47. The van der Waals surface area contributed by atoms with Crippen LogP contribution in [-0.4, -0.2) is 15.5 Å². The summed E-state index contributed by atoms with van der Waals surface area (Å²) in [6.07, 6.45) is 1.80. The molecule has 0 unspecified atom stereocenters. The van der Waals surface area contributed by atoms with Crippen LogP contribution < -0.4 is 10.9 Å². The molecule has 5 nitrogen and oxygen atoms in total. The predicted molar refractivity (Wildman–Crippen MR) is 103 cm³/mol. The lowest BCUT2D eigenvalue weighted by atomic mass is 10.0. The smallest absolute Gasteiger partial charge is 0.261 e. The van der Waals surface area contributed by atoms with E-state index in [1.165, 1.54) is 4.57 Å². The van der Waals surface area contributed by atoms with Crippen LogP contribution in [0, 0.1) is 6.92 Å². The van der Waals surface area contributed by atoms with Crippen molar-refractivity contribution in [2.75, 3.05) is 0 Å². The van der Waals surface area contributed by atoms with Gasteiger partial charge in [0.25, 0.3) is 5.56 Å². The standard InChI is InChI=1S/C21H23N3O2/c1-3-9-18(16-10-5-4-6-11-16)23-20(25)14-24-15(2)22-19-13-8-7-12-17(19)21(24)26/h4-8,10-13,18H,3,9,14H2,1-2H3,(H,23,25)/t18-/m1/s1. The number of fused-ring (bicyclic) bond motifs is 1. The first-order valence-electron chi connectivity index (χ1n) is 8.90. The highest BCUT2D eigenvalue weighted by molar-refractivity contribution is 5.79.